The molecule has 0 aliphatic carbocycles. The third-order valence-electron chi connectivity index (χ3n) is 4.16. The fraction of sp³-hybridized carbons (Fsp3) is 0.667. The van der Waals surface area contributed by atoms with Gasteiger partial charge in [0.1, 0.15) is 4.21 Å². The Balaban J connectivity index is 2.04. The molecule has 1 aliphatic heterocycles. The summed E-state index contributed by atoms with van der Waals surface area (Å²) in [5.41, 5.74) is 5.52. The van der Waals surface area contributed by atoms with Crippen LogP contribution in [0, 0.1) is 11.8 Å². The molecule has 1 unspecified atom stereocenters. The first-order valence-electron chi connectivity index (χ1n) is 7.93. The molecule has 1 aromatic rings. The molecule has 2 heterocycles. The Bertz CT molecular complexity index is 634. The zero-order chi connectivity index (χ0) is 17.0. The summed E-state index contributed by atoms with van der Waals surface area (Å²) in [6.45, 7) is 6.17. The van der Waals surface area contributed by atoms with E-state index in [0.717, 1.165) is 24.2 Å². The first-order valence-corrected chi connectivity index (χ1v) is 10.2. The van der Waals surface area contributed by atoms with Crippen LogP contribution in [0.2, 0.25) is 0 Å². The quantitative estimate of drug-likeness (QED) is 0.805. The van der Waals surface area contributed by atoms with Gasteiger partial charge in [0.15, 0.2) is 0 Å². The van der Waals surface area contributed by atoms with Crippen molar-refractivity contribution < 1.29 is 13.2 Å². The minimum atomic E-state index is -3.48. The highest BCUT2D eigenvalue weighted by molar-refractivity contribution is 7.91. The van der Waals surface area contributed by atoms with E-state index < -0.39 is 10.0 Å². The predicted molar refractivity (Wildman–Crippen MR) is 92.0 cm³/mol. The van der Waals surface area contributed by atoms with Crippen molar-refractivity contribution in [1.29, 1.82) is 0 Å². The monoisotopic (exact) mass is 359 g/mol. The number of hydrogen-bond acceptors (Lipinski definition) is 5. The minimum Gasteiger partial charge on any atom is -0.351 e. The SMILES string of the molecule is CC1CCN(S(=O)(=O)c2ccc(C(=O)NCC(C)CN)s2)CC1. The van der Waals surface area contributed by atoms with E-state index >= 15 is 0 Å². The highest BCUT2D eigenvalue weighted by Crippen LogP contribution is 2.28. The fourth-order valence-corrected chi connectivity index (χ4v) is 5.22. The maximum Gasteiger partial charge on any atom is 0.261 e. The van der Waals surface area contributed by atoms with Gasteiger partial charge in [0.2, 0.25) is 0 Å². The lowest BCUT2D eigenvalue weighted by Gasteiger charge is -2.28. The fourth-order valence-electron chi connectivity index (χ4n) is 2.37. The number of piperidine rings is 1. The lowest BCUT2D eigenvalue weighted by molar-refractivity contribution is 0.0952. The molecule has 1 fully saturated rings. The molecule has 0 saturated carbocycles. The lowest BCUT2D eigenvalue weighted by atomic mass is 10.0. The van der Waals surface area contributed by atoms with E-state index in [1.807, 2.05) is 6.92 Å². The highest BCUT2D eigenvalue weighted by Gasteiger charge is 2.29. The molecule has 0 spiro atoms. The van der Waals surface area contributed by atoms with Crippen molar-refractivity contribution in [2.75, 3.05) is 26.2 Å². The van der Waals surface area contributed by atoms with Crippen LogP contribution in [0.5, 0.6) is 0 Å². The van der Waals surface area contributed by atoms with Gasteiger partial charge in [0.05, 0.1) is 4.88 Å². The molecule has 130 valence electrons. The summed E-state index contributed by atoms with van der Waals surface area (Å²) in [4.78, 5) is 12.5. The normalized spacial score (nSPS) is 18.7. The summed E-state index contributed by atoms with van der Waals surface area (Å²) in [5, 5.41) is 2.78. The van der Waals surface area contributed by atoms with Crippen LogP contribution in [-0.2, 0) is 10.0 Å². The third-order valence-corrected chi connectivity index (χ3v) is 7.61. The molecule has 6 nitrogen and oxygen atoms in total. The number of carbonyl (C=O) groups is 1. The van der Waals surface area contributed by atoms with E-state index in [9.17, 15) is 13.2 Å². The molecule has 0 aromatic carbocycles. The Morgan fingerprint density at radius 1 is 1.43 bits per heavy atom. The summed E-state index contributed by atoms with van der Waals surface area (Å²) < 4.78 is 27.0. The number of nitrogens with zero attached hydrogens (tertiary/aromatic N) is 1. The van der Waals surface area contributed by atoms with Crippen molar-refractivity contribution in [2.24, 2.45) is 17.6 Å². The molecular weight excluding hydrogens is 334 g/mol. The number of nitrogens with two attached hydrogens (primary N) is 1. The zero-order valence-corrected chi connectivity index (χ0v) is 15.3. The van der Waals surface area contributed by atoms with Gasteiger partial charge in [-0.2, -0.15) is 4.31 Å². The molecule has 1 amide bonds. The third kappa shape index (κ3) is 4.53. The van der Waals surface area contributed by atoms with E-state index in [0.29, 0.717) is 37.0 Å². The van der Waals surface area contributed by atoms with E-state index in [1.54, 1.807) is 6.07 Å². The smallest absolute Gasteiger partial charge is 0.261 e. The van der Waals surface area contributed by atoms with E-state index in [1.165, 1.54) is 10.4 Å². The van der Waals surface area contributed by atoms with Crippen molar-refractivity contribution in [3.8, 4) is 0 Å². The largest absolute Gasteiger partial charge is 0.351 e. The highest BCUT2D eigenvalue weighted by atomic mass is 32.2. The number of carbonyl (C=O) groups excluding carboxylic acids is 1. The molecule has 1 atom stereocenters. The first-order chi connectivity index (χ1) is 10.8. The lowest BCUT2D eigenvalue weighted by Crippen LogP contribution is -2.37. The van der Waals surface area contributed by atoms with Crippen LogP contribution >= 0.6 is 11.3 Å². The molecule has 1 aromatic heterocycles. The van der Waals surface area contributed by atoms with E-state index in [4.69, 9.17) is 5.73 Å². The molecule has 3 N–H and O–H groups in total. The van der Waals surface area contributed by atoms with Crippen molar-refractivity contribution in [1.82, 2.24) is 9.62 Å². The summed E-state index contributed by atoms with van der Waals surface area (Å²) in [6, 6.07) is 3.10. The maximum atomic E-state index is 12.6. The zero-order valence-electron chi connectivity index (χ0n) is 13.6. The molecular formula is C15H25N3O3S2. The number of sulfonamides is 1. The Morgan fingerprint density at radius 2 is 2.09 bits per heavy atom. The summed E-state index contributed by atoms with van der Waals surface area (Å²) in [6.07, 6.45) is 1.77. The second kappa shape index (κ2) is 7.74. The van der Waals surface area contributed by atoms with E-state index in [-0.39, 0.29) is 16.0 Å². The molecule has 1 saturated heterocycles. The summed E-state index contributed by atoms with van der Waals surface area (Å²) in [5.74, 6) is 0.511. The van der Waals surface area contributed by atoms with E-state index in [2.05, 4.69) is 12.2 Å². The second-order valence-corrected chi connectivity index (χ2v) is 9.50. The van der Waals surface area contributed by atoms with Crippen molar-refractivity contribution in [3.63, 3.8) is 0 Å². The van der Waals surface area contributed by atoms with Crippen LogP contribution in [0.1, 0.15) is 36.4 Å². The number of thiophene rings is 1. The van der Waals surface area contributed by atoms with Crippen molar-refractivity contribution in [2.45, 2.75) is 30.9 Å². The summed E-state index contributed by atoms with van der Waals surface area (Å²) in [7, 11) is -3.48. The molecule has 2 rings (SSSR count). The Hall–Kier alpha value is -0.960. The minimum absolute atomic E-state index is 0.192. The van der Waals surface area contributed by atoms with Gasteiger partial charge in [-0.25, -0.2) is 8.42 Å². The van der Waals surface area contributed by atoms with Gasteiger partial charge in [0, 0.05) is 19.6 Å². The van der Waals surface area contributed by atoms with Crippen molar-refractivity contribution >= 4 is 27.3 Å². The number of nitrogens with one attached hydrogen (secondary N) is 1. The van der Waals surface area contributed by atoms with Crippen LogP contribution < -0.4 is 11.1 Å². The topological polar surface area (TPSA) is 92.5 Å². The summed E-state index contributed by atoms with van der Waals surface area (Å²) >= 11 is 1.03. The maximum absolute atomic E-state index is 12.6. The molecule has 23 heavy (non-hydrogen) atoms. The van der Waals surface area contributed by atoms with Gasteiger partial charge in [-0.05, 0) is 43.4 Å². The van der Waals surface area contributed by atoms with Crippen LogP contribution in [0.3, 0.4) is 0 Å². The van der Waals surface area contributed by atoms with Crippen LogP contribution in [0.15, 0.2) is 16.3 Å². The Labute approximate surface area is 142 Å². The van der Waals surface area contributed by atoms with Gasteiger partial charge in [-0.15, -0.1) is 11.3 Å². The van der Waals surface area contributed by atoms with Crippen LogP contribution in [0.4, 0.5) is 0 Å². The average molecular weight is 360 g/mol. The van der Waals surface area contributed by atoms with Crippen LogP contribution in [-0.4, -0.2) is 44.8 Å². The molecule has 8 heteroatoms. The number of rotatable bonds is 6. The van der Waals surface area contributed by atoms with Gasteiger partial charge in [0.25, 0.3) is 15.9 Å². The average Bonchev–Trinajstić information content (AvgIpc) is 3.03. The number of hydrogen-bond donors (Lipinski definition) is 2. The second-order valence-electron chi connectivity index (χ2n) is 6.26. The number of amides is 1. The van der Waals surface area contributed by atoms with Gasteiger partial charge < -0.3 is 11.1 Å². The van der Waals surface area contributed by atoms with Crippen molar-refractivity contribution in [3.05, 3.63) is 17.0 Å². The Kier molecular flexibility index (Phi) is 6.19. The molecule has 0 radical (unpaired) electrons. The van der Waals surface area contributed by atoms with Gasteiger partial charge in [-0.3, -0.25) is 4.79 Å². The first kappa shape index (κ1) is 18.4. The molecule has 0 bridgehead atoms. The molecule has 1 aliphatic rings. The van der Waals surface area contributed by atoms with Crippen LogP contribution in [0.25, 0.3) is 0 Å². The van der Waals surface area contributed by atoms with Gasteiger partial charge >= 0.3 is 0 Å². The standard InChI is InChI=1S/C15H25N3O3S2/c1-11-5-7-18(8-6-11)23(20,21)14-4-3-13(22-14)15(19)17-10-12(2)9-16/h3-4,11-12H,5-10,16H2,1-2H3,(H,17,19). The predicted octanol–water partition coefficient (Wildman–Crippen LogP) is 1.49. The Morgan fingerprint density at radius 3 is 2.70 bits per heavy atom. The van der Waals surface area contributed by atoms with Gasteiger partial charge in [-0.1, -0.05) is 13.8 Å².